The molecular formula is C20H18N2O5. The molecular weight excluding hydrogens is 348 g/mol. The van der Waals surface area contributed by atoms with Crippen LogP contribution in [0, 0.1) is 0 Å². The van der Waals surface area contributed by atoms with Crippen LogP contribution in [0.25, 0.3) is 11.1 Å². The number of nitrogens with one attached hydrogen (secondary N) is 1. The third-order valence-electron chi connectivity index (χ3n) is 4.16. The number of methoxy groups -OCH3 is 1. The molecule has 0 aliphatic rings. The number of nitrogens with zero attached hydrogens (tertiary/aromatic N) is 1. The van der Waals surface area contributed by atoms with Crippen LogP contribution in [0.4, 0.5) is 5.69 Å². The summed E-state index contributed by atoms with van der Waals surface area (Å²) < 4.78 is 6.86. The standard InChI is InChI=1S/C20H18N2O5/c1-27-18-6-5-13(9-17(18)14-3-2-4-16(10-14)21-26)12-22-8-7-15(20(24)25)11-19(22)23/h2-11,21,26H,12H2,1H3,(H,24,25). The lowest BCUT2D eigenvalue weighted by Crippen LogP contribution is -2.20. The van der Waals surface area contributed by atoms with Gasteiger partial charge in [0.25, 0.3) is 5.56 Å². The van der Waals surface area contributed by atoms with Gasteiger partial charge in [0.05, 0.1) is 24.9 Å². The second-order valence-corrected chi connectivity index (χ2v) is 5.91. The van der Waals surface area contributed by atoms with Crippen molar-refractivity contribution in [2.75, 3.05) is 12.6 Å². The zero-order valence-corrected chi connectivity index (χ0v) is 14.5. The molecule has 3 N–H and O–H groups in total. The Labute approximate surface area is 155 Å². The molecule has 0 spiro atoms. The maximum atomic E-state index is 12.1. The van der Waals surface area contributed by atoms with Crippen LogP contribution in [0.15, 0.2) is 65.6 Å². The smallest absolute Gasteiger partial charge is 0.335 e. The first kappa shape index (κ1) is 18.2. The number of benzene rings is 2. The van der Waals surface area contributed by atoms with Crippen LogP contribution in [0.2, 0.25) is 0 Å². The van der Waals surface area contributed by atoms with Crippen LogP contribution >= 0.6 is 0 Å². The first-order valence-electron chi connectivity index (χ1n) is 8.13. The number of hydrogen-bond acceptors (Lipinski definition) is 5. The van der Waals surface area contributed by atoms with Gasteiger partial charge in [0, 0.05) is 17.8 Å². The summed E-state index contributed by atoms with van der Waals surface area (Å²) in [4.78, 5) is 23.1. The van der Waals surface area contributed by atoms with Crippen molar-refractivity contribution in [3.63, 3.8) is 0 Å². The summed E-state index contributed by atoms with van der Waals surface area (Å²) >= 11 is 0. The molecule has 0 aliphatic heterocycles. The SMILES string of the molecule is COc1ccc(Cn2ccc(C(=O)O)cc2=O)cc1-c1cccc(NO)c1. The molecule has 3 aromatic rings. The normalized spacial score (nSPS) is 10.4. The van der Waals surface area contributed by atoms with Crippen LogP contribution in [0.5, 0.6) is 5.75 Å². The highest BCUT2D eigenvalue weighted by Gasteiger charge is 2.10. The number of carbonyl (C=O) groups is 1. The summed E-state index contributed by atoms with van der Waals surface area (Å²) in [6, 6.07) is 15.2. The Balaban J connectivity index is 1.98. The molecule has 0 bridgehead atoms. The Bertz CT molecular complexity index is 1040. The Hall–Kier alpha value is -3.58. The van der Waals surface area contributed by atoms with Gasteiger partial charge < -0.3 is 14.4 Å². The lowest BCUT2D eigenvalue weighted by molar-refractivity contribution is 0.0696. The van der Waals surface area contributed by atoms with Gasteiger partial charge in [-0.15, -0.1) is 0 Å². The number of carboxylic acid groups (broad SMARTS) is 1. The van der Waals surface area contributed by atoms with Crippen LogP contribution in [0.3, 0.4) is 0 Å². The molecule has 0 amide bonds. The molecule has 1 aromatic heterocycles. The molecule has 0 saturated carbocycles. The average Bonchev–Trinajstić information content (AvgIpc) is 2.69. The van der Waals surface area contributed by atoms with E-state index in [1.807, 2.05) is 18.2 Å². The monoisotopic (exact) mass is 366 g/mol. The third kappa shape index (κ3) is 3.99. The number of aromatic carboxylic acids is 1. The number of anilines is 1. The van der Waals surface area contributed by atoms with E-state index < -0.39 is 11.5 Å². The van der Waals surface area contributed by atoms with Gasteiger partial charge in [-0.25, -0.2) is 4.79 Å². The van der Waals surface area contributed by atoms with E-state index in [9.17, 15) is 9.59 Å². The minimum Gasteiger partial charge on any atom is -0.496 e. The quantitative estimate of drug-likeness (QED) is 0.580. The zero-order valence-electron chi connectivity index (χ0n) is 14.5. The fourth-order valence-electron chi connectivity index (χ4n) is 2.80. The van der Waals surface area contributed by atoms with Crippen molar-refractivity contribution in [2.45, 2.75) is 6.54 Å². The molecule has 0 aliphatic carbocycles. The van der Waals surface area contributed by atoms with E-state index in [0.29, 0.717) is 11.4 Å². The average molecular weight is 366 g/mol. The summed E-state index contributed by atoms with van der Waals surface area (Å²) in [5.74, 6) is -0.481. The molecule has 7 heteroatoms. The molecule has 7 nitrogen and oxygen atoms in total. The lowest BCUT2D eigenvalue weighted by Gasteiger charge is -2.13. The first-order chi connectivity index (χ1) is 13.0. The number of rotatable bonds is 6. The molecule has 1 heterocycles. The van der Waals surface area contributed by atoms with E-state index in [1.54, 1.807) is 31.4 Å². The molecule has 0 saturated heterocycles. The van der Waals surface area contributed by atoms with Gasteiger partial charge in [-0.1, -0.05) is 18.2 Å². The summed E-state index contributed by atoms with van der Waals surface area (Å²) in [7, 11) is 1.57. The predicted octanol–water partition coefficient (Wildman–Crippen LogP) is 3.07. The maximum Gasteiger partial charge on any atom is 0.335 e. The topological polar surface area (TPSA) is 101 Å². The molecule has 27 heavy (non-hydrogen) atoms. The number of carboxylic acids is 1. The van der Waals surface area contributed by atoms with E-state index in [2.05, 4.69) is 5.48 Å². The summed E-state index contributed by atoms with van der Waals surface area (Å²) in [5, 5.41) is 18.1. The van der Waals surface area contributed by atoms with Crippen LogP contribution in [-0.4, -0.2) is 28.0 Å². The highest BCUT2D eigenvalue weighted by atomic mass is 16.5. The molecule has 138 valence electrons. The Morgan fingerprint density at radius 1 is 1.15 bits per heavy atom. The summed E-state index contributed by atoms with van der Waals surface area (Å²) in [5.41, 5.74) is 4.71. The maximum absolute atomic E-state index is 12.1. The van der Waals surface area contributed by atoms with Crippen molar-refractivity contribution in [3.05, 3.63) is 82.3 Å². The summed E-state index contributed by atoms with van der Waals surface area (Å²) in [6.45, 7) is 0.285. The Kier molecular flexibility index (Phi) is 5.23. The van der Waals surface area contributed by atoms with Gasteiger partial charge in [0.2, 0.25) is 0 Å². The van der Waals surface area contributed by atoms with Crippen molar-refractivity contribution in [2.24, 2.45) is 0 Å². The van der Waals surface area contributed by atoms with Crippen molar-refractivity contribution in [3.8, 4) is 16.9 Å². The number of aromatic nitrogens is 1. The molecule has 3 rings (SSSR count). The molecule has 0 unspecified atom stereocenters. The number of pyridine rings is 1. The Morgan fingerprint density at radius 3 is 2.63 bits per heavy atom. The van der Waals surface area contributed by atoms with Crippen molar-refractivity contribution < 1.29 is 19.8 Å². The molecule has 0 atom stereocenters. The predicted molar refractivity (Wildman–Crippen MR) is 101 cm³/mol. The number of hydrogen-bond donors (Lipinski definition) is 3. The molecule has 2 aromatic carbocycles. The first-order valence-corrected chi connectivity index (χ1v) is 8.13. The molecule has 0 radical (unpaired) electrons. The van der Waals surface area contributed by atoms with Gasteiger partial charge in [0.1, 0.15) is 5.75 Å². The third-order valence-corrected chi connectivity index (χ3v) is 4.16. The van der Waals surface area contributed by atoms with Crippen LogP contribution < -0.4 is 15.8 Å². The highest BCUT2D eigenvalue weighted by molar-refractivity contribution is 5.87. The van der Waals surface area contributed by atoms with E-state index in [0.717, 1.165) is 22.8 Å². The fourth-order valence-corrected chi connectivity index (χ4v) is 2.80. The summed E-state index contributed by atoms with van der Waals surface area (Å²) in [6.07, 6.45) is 1.46. The minimum absolute atomic E-state index is 0.0417. The van der Waals surface area contributed by atoms with Crippen molar-refractivity contribution >= 4 is 11.7 Å². The highest BCUT2D eigenvalue weighted by Crippen LogP contribution is 2.32. The second-order valence-electron chi connectivity index (χ2n) is 5.91. The zero-order chi connectivity index (χ0) is 19.4. The van der Waals surface area contributed by atoms with Gasteiger partial charge in [-0.3, -0.25) is 15.5 Å². The lowest BCUT2D eigenvalue weighted by atomic mass is 10.0. The minimum atomic E-state index is -1.14. The fraction of sp³-hybridized carbons (Fsp3) is 0.100. The van der Waals surface area contributed by atoms with Gasteiger partial charge in [-0.05, 0) is 41.5 Å². The largest absolute Gasteiger partial charge is 0.496 e. The van der Waals surface area contributed by atoms with Crippen molar-refractivity contribution in [1.82, 2.24) is 4.57 Å². The van der Waals surface area contributed by atoms with Crippen LogP contribution in [0.1, 0.15) is 15.9 Å². The van der Waals surface area contributed by atoms with E-state index in [1.165, 1.54) is 16.8 Å². The van der Waals surface area contributed by atoms with E-state index in [-0.39, 0.29) is 12.1 Å². The van der Waals surface area contributed by atoms with E-state index in [4.69, 9.17) is 15.1 Å². The number of ether oxygens (including phenoxy) is 1. The van der Waals surface area contributed by atoms with E-state index >= 15 is 0 Å². The Morgan fingerprint density at radius 2 is 1.96 bits per heavy atom. The van der Waals surface area contributed by atoms with Crippen LogP contribution in [-0.2, 0) is 6.54 Å². The second kappa shape index (κ2) is 7.76. The van der Waals surface area contributed by atoms with Crippen molar-refractivity contribution in [1.29, 1.82) is 0 Å². The van der Waals surface area contributed by atoms with Gasteiger partial charge >= 0.3 is 5.97 Å². The van der Waals surface area contributed by atoms with Gasteiger partial charge in [0.15, 0.2) is 0 Å². The van der Waals surface area contributed by atoms with Gasteiger partial charge in [-0.2, -0.15) is 0 Å². The molecule has 0 fully saturated rings.